The van der Waals surface area contributed by atoms with Crippen LogP contribution in [-0.4, -0.2) is 64.6 Å². The summed E-state index contributed by atoms with van der Waals surface area (Å²) in [5, 5.41) is 10.4. The first kappa shape index (κ1) is 19.9. The van der Waals surface area contributed by atoms with E-state index < -0.39 is 5.97 Å². The minimum absolute atomic E-state index is 0.192. The van der Waals surface area contributed by atoms with Gasteiger partial charge in [0.05, 0.1) is 46.9 Å². The first-order valence-electron chi connectivity index (χ1n) is 8.96. The monoisotopic (exact) mass is 436 g/mol. The number of carboxylic acids is 1. The van der Waals surface area contributed by atoms with Gasteiger partial charge in [0.15, 0.2) is 0 Å². The Labute approximate surface area is 176 Å². The number of hydrogen-bond donors (Lipinski definition) is 1. The highest BCUT2D eigenvalue weighted by Crippen LogP contribution is 2.35. The molecule has 0 amide bonds. The van der Waals surface area contributed by atoms with Gasteiger partial charge in [-0.15, -0.1) is 0 Å². The van der Waals surface area contributed by atoms with Crippen molar-refractivity contribution < 1.29 is 19.4 Å². The number of imidazole rings is 1. The fourth-order valence-corrected chi connectivity index (χ4v) is 3.65. The Bertz CT molecular complexity index is 1030. The second-order valence-electron chi connectivity index (χ2n) is 6.57. The molecule has 0 aliphatic carbocycles. The molecule has 1 fully saturated rings. The molecule has 1 saturated heterocycles. The summed E-state index contributed by atoms with van der Waals surface area (Å²) in [5.41, 5.74) is 1.48. The third kappa shape index (κ3) is 4.30. The number of ether oxygens (including phenoxy) is 2. The number of rotatable bonds is 6. The molecule has 29 heavy (non-hydrogen) atoms. The van der Waals surface area contributed by atoms with Crippen LogP contribution >= 0.6 is 23.2 Å². The highest BCUT2D eigenvalue weighted by molar-refractivity contribution is 6.45. The lowest BCUT2D eigenvalue weighted by Crippen LogP contribution is -2.45. The quantitative estimate of drug-likeness (QED) is 0.634. The molecule has 0 saturated carbocycles. The van der Waals surface area contributed by atoms with Gasteiger partial charge in [0.2, 0.25) is 0 Å². The molecule has 152 valence electrons. The van der Waals surface area contributed by atoms with Gasteiger partial charge in [-0.25, -0.2) is 14.8 Å². The average Bonchev–Trinajstić information content (AvgIpc) is 3.25. The van der Waals surface area contributed by atoms with Gasteiger partial charge >= 0.3 is 5.97 Å². The van der Waals surface area contributed by atoms with Crippen LogP contribution < -0.4 is 4.90 Å². The summed E-state index contributed by atoms with van der Waals surface area (Å²) in [6.45, 7) is 1.46. The molecule has 0 bridgehead atoms. The molecule has 0 radical (unpaired) electrons. The number of aliphatic carboxylic acids is 1. The fourth-order valence-electron chi connectivity index (χ4n) is 3.29. The number of aromatic nitrogens is 3. The fraction of sp³-hybridized carbons (Fsp3) is 0.316. The van der Waals surface area contributed by atoms with Crippen molar-refractivity contribution in [3.8, 4) is 5.69 Å². The lowest BCUT2D eigenvalue weighted by Gasteiger charge is -2.34. The van der Waals surface area contributed by atoms with Crippen molar-refractivity contribution >= 4 is 45.9 Å². The Morgan fingerprint density at radius 3 is 3.00 bits per heavy atom. The van der Waals surface area contributed by atoms with Gasteiger partial charge in [-0.1, -0.05) is 23.2 Å². The van der Waals surface area contributed by atoms with Crippen LogP contribution in [0.3, 0.4) is 0 Å². The maximum atomic E-state index is 10.6. The van der Waals surface area contributed by atoms with E-state index >= 15 is 0 Å². The third-order valence-corrected chi connectivity index (χ3v) is 5.41. The number of morpholine rings is 1. The van der Waals surface area contributed by atoms with E-state index in [9.17, 15) is 4.79 Å². The number of carbonyl (C=O) groups is 1. The molecule has 4 rings (SSSR count). The molecule has 1 aromatic carbocycles. The van der Waals surface area contributed by atoms with Crippen LogP contribution in [0.15, 0.2) is 36.9 Å². The van der Waals surface area contributed by atoms with Gasteiger partial charge in [-0.05, 0) is 12.1 Å². The van der Waals surface area contributed by atoms with Crippen LogP contribution in [0.4, 0.5) is 5.82 Å². The van der Waals surface area contributed by atoms with Crippen molar-refractivity contribution in [2.45, 2.75) is 6.10 Å². The molecule has 1 N–H and O–H groups in total. The van der Waals surface area contributed by atoms with E-state index in [-0.39, 0.29) is 19.3 Å². The van der Waals surface area contributed by atoms with E-state index in [1.165, 1.54) is 0 Å². The van der Waals surface area contributed by atoms with E-state index in [4.69, 9.17) is 42.8 Å². The number of fused-ring (bicyclic) bond motifs is 1. The summed E-state index contributed by atoms with van der Waals surface area (Å²) in [4.78, 5) is 21.6. The van der Waals surface area contributed by atoms with Crippen molar-refractivity contribution in [3.05, 3.63) is 47.0 Å². The van der Waals surface area contributed by atoms with Crippen molar-refractivity contribution in [2.24, 2.45) is 0 Å². The van der Waals surface area contributed by atoms with Crippen molar-refractivity contribution in [2.75, 3.05) is 37.8 Å². The number of pyridine rings is 1. The third-order valence-electron chi connectivity index (χ3n) is 4.61. The van der Waals surface area contributed by atoms with Crippen LogP contribution in [0.5, 0.6) is 0 Å². The zero-order valence-electron chi connectivity index (χ0n) is 15.3. The molecule has 0 unspecified atom stereocenters. The molecule has 0 spiro atoms. The second-order valence-corrected chi connectivity index (χ2v) is 7.36. The van der Waals surface area contributed by atoms with Crippen LogP contribution in [-0.2, 0) is 14.3 Å². The number of halogens is 2. The molecule has 1 aliphatic heterocycles. The standard InChI is InChI=1S/C19H18Cl2N4O4/c20-14-2-1-13-15(25-4-3-22-11-25)7-16(23-19(13)18(14)21)24-5-6-29-12(8-24)9-28-10-17(26)27/h1-4,7,11-12H,5-6,8-10H2,(H,26,27)/t12-/m0/s1. The van der Waals surface area contributed by atoms with E-state index in [1.807, 2.05) is 22.9 Å². The summed E-state index contributed by atoms with van der Waals surface area (Å²) < 4.78 is 12.8. The van der Waals surface area contributed by atoms with Gasteiger partial charge in [0, 0.05) is 36.9 Å². The lowest BCUT2D eigenvalue weighted by molar-refractivity contribution is -0.143. The molecular formula is C19H18Cl2N4O4. The van der Waals surface area contributed by atoms with Crippen LogP contribution in [0.1, 0.15) is 0 Å². The molecule has 1 atom stereocenters. The highest BCUT2D eigenvalue weighted by Gasteiger charge is 2.24. The van der Waals surface area contributed by atoms with Crippen LogP contribution in [0.25, 0.3) is 16.6 Å². The summed E-state index contributed by atoms with van der Waals surface area (Å²) in [7, 11) is 0. The molecule has 1 aliphatic rings. The normalized spacial score (nSPS) is 17.0. The first-order valence-corrected chi connectivity index (χ1v) is 9.71. The van der Waals surface area contributed by atoms with Crippen LogP contribution in [0.2, 0.25) is 10.0 Å². The van der Waals surface area contributed by atoms with Crippen molar-refractivity contribution in [1.82, 2.24) is 14.5 Å². The Morgan fingerprint density at radius 1 is 1.38 bits per heavy atom. The minimum atomic E-state index is -1.01. The number of hydrogen-bond acceptors (Lipinski definition) is 6. The lowest BCUT2D eigenvalue weighted by atomic mass is 10.1. The van der Waals surface area contributed by atoms with Gasteiger partial charge in [0.25, 0.3) is 0 Å². The molecule has 3 heterocycles. The maximum Gasteiger partial charge on any atom is 0.329 e. The smallest absolute Gasteiger partial charge is 0.329 e. The number of anilines is 1. The topological polar surface area (TPSA) is 89.7 Å². The first-order chi connectivity index (χ1) is 14.0. The zero-order chi connectivity index (χ0) is 20.4. The molecule has 2 aromatic heterocycles. The van der Waals surface area contributed by atoms with Crippen LogP contribution in [0, 0.1) is 0 Å². The number of nitrogens with zero attached hydrogens (tertiary/aromatic N) is 4. The largest absolute Gasteiger partial charge is 0.480 e. The minimum Gasteiger partial charge on any atom is -0.480 e. The summed E-state index contributed by atoms with van der Waals surface area (Å²) in [6, 6.07) is 5.60. The predicted molar refractivity (Wildman–Crippen MR) is 109 cm³/mol. The molecule has 3 aromatic rings. The van der Waals surface area contributed by atoms with E-state index in [0.717, 1.165) is 16.9 Å². The highest BCUT2D eigenvalue weighted by atomic mass is 35.5. The summed E-state index contributed by atoms with van der Waals surface area (Å²) >= 11 is 12.7. The molecule has 8 nitrogen and oxygen atoms in total. The summed E-state index contributed by atoms with van der Waals surface area (Å²) in [6.07, 6.45) is 5.01. The number of benzene rings is 1. The van der Waals surface area contributed by atoms with Gasteiger partial charge < -0.3 is 24.0 Å². The average molecular weight is 437 g/mol. The van der Waals surface area contributed by atoms with E-state index in [0.29, 0.717) is 35.3 Å². The zero-order valence-corrected chi connectivity index (χ0v) is 16.8. The SMILES string of the molecule is O=C(O)COC[C@@H]1CN(c2cc(-n3ccnc3)c3ccc(Cl)c(Cl)c3n2)CCO1. The summed E-state index contributed by atoms with van der Waals surface area (Å²) in [5.74, 6) is -0.290. The molecule has 10 heteroatoms. The second kappa shape index (κ2) is 8.54. The Hall–Kier alpha value is -2.39. The maximum absolute atomic E-state index is 10.6. The van der Waals surface area contributed by atoms with E-state index in [1.54, 1.807) is 18.6 Å². The Balaban J connectivity index is 1.68. The molecular weight excluding hydrogens is 419 g/mol. The Kier molecular flexibility index (Phi) is 5.86. The number of carboxylic acid groups (broad SMARTS) is 1. The van der Waals surface area contributed by atoms with Gasteiger partial charge in [-0.3, -0.25) is 0 Å². The Morgan fingerprint density at radius 2 is 2.24 bits per heavy atom. The van der Waals surface area contributed by atoms with Gasteiger partial charge in [0.1, 0.15) is 12.4 Å². The van der Waals surface area contributed by atoms with Gasteiger partial charge in [-0.2, -0.15) is 0 Å². The van der Waals surface area contributed by atoms with Crippen molar-refractivity contribution in [1.29, 1.82) is 0 Å². The van der Waals surface area contributed by atoms with Crippen molar-refractivity contribution in [3.63, 3.8) is 0 Å². The predicted octanol–water partition coefficient (Wildman–Crippen LogP) is 3.03. The van der Waals surface area contributed by atoms with E-state index in [2.05, 4.69) is 9.88 Å².